The summed E-state index contributed by atoms with van der Waals surface area (Å²) < 4.78 is 21.5. The molecule has 0 atom stereocenters. The number of ether oxygens (including phenoxy) is 4. The third-order valence-corrected chi connectivity index (χ3v) is 5.64. The van der Waals surface area contributed by atoms with Crippen molar-refractivity contribution in [2.75, 3.05) is 28.4 Å². The van der Waals surface area contributed by atoms with E-state index in [2.05, 4.69) is 15.5 Å². The maximum absolute atomic E-state index is 12.8. The van der Waals surface area contributed by atoms with Crippen LogP contribution in [0.15, 0.2) is 66.7 Å². The van der Waals surface area contributed by atoms with Crippen molar-refractivity contribution in [3.63, 3.8) is 0 Å². The number of benzene rings is 3. The topological polar surface area (TPSA) is 94.7 Å². The van der Waals surface area contributed by atoms with Crippen molar-refractivity contribution >= 4 is 5.91 Å². The Balaban J connectivity index is 1.46. The molecule has 1 heterocycles. The van der Waals surface area contributed by atoms with Gasteiger partial charge in [0.05, 0.1) is 51.9 Å². The number of H-pyrrole nitrogens is 1. The van der Waals surface area contributed by atoms with Crippen LogP contribution < -0.4 is 24.3 Å². The molecule has 35 heavy (non-hydrogen) atoms. The van der Waals surface area contributed by atoms with E-state index in [1.807, 2.05) is 42.5 Å². The SMILES string of the molecule is COc1cccc(-c2cc(-c3ccc(C(=O)NCc4c(OC)cc(OC)cc4OC)cc3)[nH]n2)c1. The predicted octanol–water partition coefficient (Wildman–Crippen LogP) is 4.71. The van der Waals surface area contributed by atoms with Gasteiger partial charge in [-0.25, -0.2) is 0 Å². The summed E-state index contributed by atoms with van der Waals surface area (Å²) in [4.78, 5) is 12.8. The molecule has 0 fully saturated rings. The molecule has 4 aromatic rings. The second-order valence-electron chi connectivity index (χ2n) is 7.67. The van der Waals surface area contributed by atoms with Crippen molar-refractivity contribution in [1.82, 2.24) is 15.5 Å². The number of rotatable bonds is 9. The standard InChI is InChI=1S/C27H27N3O5/c1-32-20-7-5-6-19(12-20)24-15-23(29-30-24)17-8-10-18(11-9-17)27(31)28-16-22-25(34-3)13-21(33-2)14-26(22)35-4/h5-15H,16H2,1-4H3,(H,28,31)(H,29,30). The molecule has 3 aromatic carbocycles. The quantitative estimate of drug-likeness (QED) is 0.366. The van der Waals surface area contributed by atoms with Crippen molar-refractivity contribution in [3.05, 3.63) is 77.9 Å². The highest BCUT2D eigenvalue weighted by atomic mass is 16.5. The molecule has 0 unspecified atom stereocenters. The first kappa shape index (κ1) is 23.7. The van der Waals surface area contributed by atoms with Gasteiger partial charge < -0.3 is 24.3 Å². The molecule has 0 radical (unpaired) electrons. The van der Waals surface area contributed by atoms with Crippen LogP contribution in [0, 0.1) is 0 Å². The summed E-state index contributed by atoms with van der Waals surface area (Å²) in [6.45, 7) is 0.237. The summed E-state index contributed by atoms with van der Waals surface area (Å²) in [6.07, 6.45) is 0. The highest BCUT2D eigenvalue weighted by Gasteiger charge is 2.15. The lowest BCUT2D eigenvalue weighted by Gasteiger charge is -2.15. The number of amides is 1. The van der Waals surface area contributed by atoms with Crippen LogP contribution in [0.1, 0.15) is 15.9 Å². The second kappa shape index (κ2) is 10.6. The minimum Gasteiger partial charge on any atom is -0.497 e. The lowest BCUT2D eigenvalue weighted by Crippen LogP contribution is -2.23. The van der Waals surface area contributed by atoms with Gasteiger partial charge in [0.15, 0.2) is 0 Å². The molecule has 0 spiro atoms. The molecular formula is C27H27N3O5. The minimum absolute atomic E-state index is 0.210. The fraction of sp³-hybridized carbons (Fsp3) is 0.185. The lowest BCUT2D eigenvalue weighted by atomic mass is 10.1. The average Bonchev–Trinajstić information content (AvgIpc) is 3.41. The summed E-state index contributed by atoms with van der Waals surface area (Å²) in [5.41, 5.74) is 4.79. The molecule has 0 aliphatic heterocycles. The van der Waals surface area contributed by atoms with Crippen LogP contribution in [0.3, 0.4) is 0 Å². The Bertz CT molecular complexity index is 1290. The van der Waals surface area contributed by atoms with Gasteiger partial charge in [0.25, 0.3) is 5.91 Å². The van der Waals surface area contributed by atoms with Crippen molar-refractivity contribution in [1.29, 1.82) is 0 Å². The molecule has 4 rings (SSSR count). The number of hydrogen-bond acceptors (Lipinski definition) is 6. The summed E-state index contributed by atoms with van der Waals surface area (Å²) in [5.74, 6) is 2.31. The van der Waals surface area contributed by atoms with Gasteiger partial charge in [0, 0.05) is 23.3 Å². The van der Waals surface area contributed by atoms with E-state index in [9.17, 15) is 4.79 Å². The van der Waals surface area contributed by atoms with Crippen LogP contribution in [0.2, 0.25) is 0 Å². The molecule has 0 aliphatic rings. The largest absolute Gasteiger partial charge is 0.497 e. The van der Waals surface area contributed by atoms with Gasteiger partial charge in [-0.1, -0.05) is 24.3 Å². The predicted molar refractivity (Wildman–Crippen MR) is 133 cm³/mol. The van der Waals surface area contributed by atoms with Crippen molar-refractivity contribution < 1.29 is 23.7 Å². The maximum Gasteiger partial charge on any atom is 0.251 e. The van der Waals surface area contributed by atoms with Crippen LogP contribution in [0.5, 0.6) is 23.0 Å². The fourth-order valence-corrected chi connectivity index (χ4v) is 3.72. The summed E-state index contributed by atoms with van der Waals surface area (Å²) in [5, 5.41) is 10.4. The molecule has 2 N–H and O–H groups in total. The van der Waals surface area contributed by atoms with Crippen molar-refractivity contribution in [2.45, 2.75) is 6.54 Å². The van der Waals surface area contributed by atoms with E-state index in [4.69, 9.17) is 18.9 Å². The maximum atomic E-state index is 12.8. The number of aromatic nitrogens is 2. The van der Waals surface area contributed by atoms with Crippen LogP contribution in [-0.2, 0) is 6.54 Å². The number of nitrogens with one attached hydrogen (secondary N) is 2. The molecular weight excluding hydrogens is 446 g/mol. The first-order valence-electron chi connectivity index (χ1n) is 10.9. The lowest BCUT2D eigenvalue weighted by molar-refractivity contribution is 0.0950. The van der Waals surface area contributed by atoms with Crippen LogP contribution in [-0.4, -0.2) is 44.5 Å². The van der Waals surface area contributed by atoms with Crippen LogP contribution in [0.25, 0.3) is 22.5 Å². The Morgan fingerprint density at radius 3 is 2.11 bits per heavy atom. The van der Waals surface area contributed by atoms with Gasteiger partial charge >= 0.3 is 0 Å². The van der Waals surface area contributed by atoms with E-state index in [0.717, 1.165) is 33.8 Å². The van der Waals surface area contributed by atoms with Gasteiger partial charge in [-0.2, -0.15) is 5.10 Å². The van der Waals surface area contributed by atoms with E-state index < -0.39 is 0 Å². The van der Waals surface area contributed by atoms with Crippen LogP contribution >= 0.6 is 0 Å². The summed E-state index contributed by atoms with van der Waals surface area (Å²) in [6, 6.07) is 20.5. The van der Waals surface area contributed by atoms with Gasteiger partial charge in [-0.3, -0.25) is 9.89 Å². The zero-order chi connectivity index (χ0) is 24.8. The molecule has 180 valence electrons. The van der Waals surface area contributed by atoms with E-state index in [1.54, 1.807) is 52.7 Å². The number of carbonyl (C=O) groups excluding carboxylic acids is 1. The first-order valence-corrected chi connectivity index (χ1v) is 10.9. The van der Waals surface area contributed by atoms with E-state index in [0.29, 0.717) is 22.8 Å². The number of nitrogens with zero attached hydrogens (tertiary/aromatic N) is 1. The van der Waals surface area contributed by atoms with E-state index >= 15 is 0 Å². The number of methoxy groups -OCH3 is 4. The van der Waals surface area contributed by atoms with E-state index in [-0.39, 0.29) is 12.5 Å². The highest BCUT2D eigenvalue weighted by molar-refractivity contribution is 5.94. The first-order chi connectivity index (χ1) is 17.1. The third-order valence-electron chi connectivity index (χ3n) is 5.64. The number of carbonyl (C=O) groups is 1. The Morgan fingerprint density at radius 1 is 0.800 bits per heavy atom. The molecule has 1 amide bonds. The number of hydrogen-bond donors (Lipinski definition) is 2. The molecule has 0 aliphatic carbocycles. The molecule has 0 bridgehead atoms. The second-order valence-corrected chi connectivity index (χ2v) is 7.67. The Labute approximate surface area is 203 Å². The Kier molecular flexibility index (Phi) is 7.21. The van der Waals surface area contributed by atoms with E-state index in [1.165, 1.54) is 0 Å². The summed E-state index contributed by atoms with van der Waals surface area (Å²) >= 11 is 0. The van der Waals surface area contributed by atoms with Gasteiger partial charge in [-0.05, 0) is 35.9 Å². The van der Waals surface area contributed by atoms with Crippen molar-refractivity contribution in [2.24, 2.45) is 0 Å². The van der Waals surface area contributed by atoms with Gasteiger partial charge in [0.2, 0.25) is 0 Å². The molecule has 8 nitrogen and oxygen atoms in total. The number of aromatic amines is 1. The normalized spacial score (nSPS) is 10.5. The average molecular weight is 474 g/mol. The molecule has 8 heteroatoms. The summed E-state index contributed by atoms with van der Waals surface area (Å²) in [7, 11) is 6.33. The van der Waals surface area contributed by atoms with Crippen LogP contribution in [0.4, 0.5) is 0 Å². The zero-order valence-corrected chi connectivity index (χ0v) is 20.0. The molecule has 1 aromatic heterocycles. The Morgan fingerprint density at radius 2 is 1.49 bits per heavy atom. The zero-order valence-electron chi connectivity index (χ0n) is 20.0. The highest BCUT2D eigenvalue weighted by Crippen LogP contribution is 2.34. The monoisotopic (exact) mass is 473 g/mol. The smallest absolute Gasteiger partial charge is 0.251 e. The third kappa shape index (κ3) is 5.22. The van der Waals surface area contributed by atoms with Crippen molar-refractivity contribution in [3.8, 4) is 45.5 Å². The molecule has 0 saturated heterocycles. The van der Waals surface area contributed by atoms with Gasteiger partial charge in [-0.15, -0.1) is 0 Å². The fourth-order valence-electron chi connectivity index (χ4n) is 3.72. The van der Waals surface area contributed by atoms with Gasteiger partial charge in [0.1, 0.15) is 23.0 Å². The molecule has 0 saturated carbocycles. The Hall–Kier alpha value is -4.46. The minimum atomic E-state index is -0.210.